The SMILES string of the molecule is COc1ccc(NC(=O)Cn2c(=O)n(-c3ccc(CC(=O)NC[C@H]4CCCO4)cc3)c(=O)c3ccccc32)cc1. The summed E-state index contributed by atoms with van der Waals surface area (Å²) in [6, 6.07) is 20.2. The number of amides is 2. The van der Waals surface area contributed by atoms with Crippen LogP contribution in [0.25, 0.3) is 16.6 Å². The van der Waals surface area contributed by atoms with E-state index >= 15 is 0 Å². The van der Waals surface area contributed by atoms with Crippen LogP contribution in [0.5, 0.6) is 5.75 Å². The van der Waals surface area contributed by atoms with E-state index in [1.807, 2.05) is 0 Å². The number of fused-ring (bicyclic) bond motifs is 1. The molecule has 40 heavy (non-hydrogen) atoms. The van der Waals surface area contributed by atoms with E-state index < -0.39 is 17.2 Å². The van der Waals surface area contributed by atoms with Crippen LogP contribution >= 0.6 is 0 Å². The molecule has 3 aromatic carbocycles. The first kappa shape index (κ1) is 26.9. The lowest BCUT2D eigenvalue weighted by Gasteiger charge is -2.15. The number of anilines is 1. The highest BCUT2D eigenvalue weighted by molar-refractivity contribution is 5.91. The van der Waals surface area contributed by atoms with Crippen molar-refractivity contribution in [2.45, 2.75) is 31.9 Å². The van der Waals surface area contributed by atoms with Crippen molar-refractivity contribution in [3.8, 4) is 11.4 Å². The van der Waals surface area contributed by atoms with Crippen molar-refractivity contribution in [2.24, 2.45) is 0 Å². The molecule has 1 aliphatic heterocycles. The van der Waals surface area contributed by atoms with Crippen LogP contribution in [0.15, 0.2) is 82.4 Å². The van der Waals surface area contributed by atoms with Gasteiger partial charge in [-0.15, -0.1) is 0 Å². The van der Waals surface area contributed by atoms with Crippen LogP contribution in [-0.4, -0.2) is 47.3 Å². The first-order valence-corrected chi connectivity index (χ1v) is 13.1. The van der Waals surface area contributed by atoms with Crippen molar-refractivity contribution in [2.75, 3.05) is 25.6 Å². The van der Waals surface area contributed by atoms with E-state index in [2.05, 4.69) is 10.6 Å². The third kappa shape index (κ3) is 5.97. The van der Waals surface area contributed by atoms with E-state index in [1.165, 1.54) is 4.57 Å². The Morgan fingerprint density at radius 1 is 0.975 bits per heavy atom. The molecule has 5 rings (SSSR count). The minimum absolute atomic E-state index is 0.0616. The highest BCUT2D eigenvalue weighted by Crippen LogP contribution is 2.16. The van der Waals surface area contributed by atoms with E-state index in [9.17, 15) is 19.2 Å². The highest BCUT2D eigenvalue weighted by atomic mass is 16.5. The van der Waals surface area contributed by atoms with Gasteiger partial charge in [0.25, 0.3) is 5.56 Å². The third-order valence-corrected chi connectivity index (χ3v) is 6.84. The van der Waals surface area contributed by atoms with Gasteiger partial charge in [-0.25, -0.2) is 9.36 Å². The molecule has 1 aromatic heterocycles. The second-order valence-electron chi connectivity index (χ2n) is 9.59. The van der Waals surface area contributed by atoms with Gasteiger partial charge in [0.15, 0.2) is 0 Å². The van der Waals surface area contributed by atoms with Crippen molar-refractivity contribution in [1.82, 2.24) is 14.5 Å². The first-order valence-electron chi connectivity index (χ1n) is 13.1. The number of ether oxygens (including phenoxy) is 2. The molecule has 1 fully saturated rings. The van der Waals surface area contributed by atoms with Gasteiger partial charge >= 0.3 is 5.69 Å². The van der Waals surface area contributed by atoms with E-state index in [0.717, 1.165) is 29.6 Å². The molecule has 2 amide bonds. The zero-order chi connectivity index (χ0) is 28.1. The van der Waals surface area contributed by atoms with Crippen LogP contribution in [0.4, 0.5) is 5.69 Å². The molecular weight excluding hydrogens is 512 g/mol. The van der Waals surface area contributed by atoms with Gasteiger partial charge in [0.2, 0.25) is 11.8 Å². The number of rotatable bonds is 9. The van der Waals surface area contributed by atoms with Gasteiger partial charge in [0.1, 0.15) is 12.3 Å². The van der Waals surface area contributed by atoms with Crippen LogP contribution in [-0.2, 0) is 27.3 Å². The van der Waals surface area contributed by atoms with Crippen molar-refractivity contribution < 1.29 is 19.1 Å². The molecule has 2 N–H and O–H groups in total. The zero-order valence-corrected chi connectivity index (χ0v) is 22.1. The molecule has 0 bridgehead atoms. The molecule has 1 saturated heterocycles. The topological polar surface area (TPSA) is 121 Å². The van der Waals surface area contributed by atoms with Gasteiger partial charge in [-0.2, -0.15) is 0 Å². The molecule has 4 aromatic rings. The second-order valence-corrected chi connectivity index (χ2v) is 9.59. The Morgan fingerprint density at radius 3 is 2.42 bits per heavy atom. The maximum atomic E-state index is 13.6. The summed E-state index contributed by atoms with van der Waals surface area (Å²) in [5.41, 5.74) is 0.852. The van der Waals surface area contributed by atoms with Gasteiger partial charge in [-0.3, -0.25) is 19.0 Å². The van der Waals surface area contributed by atoms with E-state index in [1.54, 1.807) is 79.9 Å². The summed E-state index contributed by atoms with van der Waals surface area (Å²) in [4.78, 5) is 52.3. The normalized spacial score (nSPS) is 14.7. The van der Waals surface area contributed by atoms with Gasteiger partial charge in [0.05, 0.1) is 36.2 Å². The minimum atomic E-state index is -0.643. The number of hydrogen-bond acceptors (Lipinski definition) is 6. The minimum Gasteiger partial charge on any atom is -0.497 e. The number of nitrogens with zero attached hydrogens (tertiary/aromatic N) is 2. The average Bonchev–Trinajstić information content (AvgIpc) is 3.49. The van der Waals surface area contributed by atoms with E-state index in [-0.39, 0.29) is 25.0 Å². The van der Waals surface area contributed by atoms with Crippen molar-refractivity contribution >= 4 is 28.4 Å². The molecule has 0 radical (unpaired) electrons. The largest absolute Gasteiger partial charge is 0.497 e. The molecule has 10 nitrogen and oxygen atoms in total. The Balaban J connectivity index is 1.38. The van der Waals surface area contributed by atoms with Crippen LogP contribution in [0, 0.1) is 0 Å². The van der Waals surface area contributed by atoms with Crippen LogP contribution in [0.3, 0.4) is 0 Å². The lowest BCUT2D eigenvalue weighted by Crippen LogP contribution is -2.40. The number of carbonyl (C=O) groups is 2. The molecule has 0 spiro atoms. The summed E-state index contributed by atoms with van der Waals surface area (Å²) in [5, 5.41) is 5.97. The molecule has 206 valence electrons. The lowest BCUT2D eigenvalue weighted by molar-refractivity contribution is -0.121. The fourth-order valence-corrected chi connectivity index (χ4v) is 4.76. The van der Waals surface area contributed by atoms with Crippen LogP contribution in [0.1, 0.15) is 18.4 Å². The van der Waals surface area contributed by atoms with Crippen LogP contribution < -0.4 is 26.6 Å². The number of hydrogen-bond donors (Lipinski definition) is 2. The Kier molecular flexibility index (Phi) is 8.07. The molecular formula is C30H30N4O6. The molecule has 10 heteroatoms. The van der Waals surface area contributed by atoms with Gasteiger partial charge in [-0.05, 0) is 66.9 Å². The standard InChI is InChI=1S/C30H30N4O6/c1-39-23-14-10-21(11-15-23)32-28(36)19-33-26-7-3-2-6-25(26)29(37)34(30(33)38)22-12-8-20(9-13-22)17-27(35)31-18-24-5-4-16-40-24/h2-3,6-15,24H,4-5,16-19H2,1H3,(H,31,35)(H,32,36)/t24-/m1/s1. The Bertz CT molecular complexity index is 1630. The number of aromatic nitrogens is 2. The van der Waals surface area contributed by atoms with Crippen molar-refractivity contribution in [3.05, 3.63) is 99.2 Å². The van der Waals surface area contributed by atoms with Crippen LogP contribution in [0.2, 0.25) is 0 Å². The van der Waals surface area contributed by atoms with Gasteiger partial charge in [0, 0.05) is 18.8 Å². The number of para-hydroxylation sites is 1. The second kappa shape index (κ2) is 12.0. The third-order valence-electron chi connectivity index (χ3n) is 6.84. The monoisotopic (exact) mass is 542 g/mol. The lowest BCUT2D eigenvalue weighted by atomic mass is 10.1. The fraction of sp³-hybridized carbons (Fsp3) is 0.267. The predicted octanol–water partition coefficient (Wildman–Crippen LogP) is 2.64. The van der Waals surface area contributed by atoms with E-state index in [0.29, 0.717) is 34.6 Å². The van der Waals surface area contributed by atoms with E-state index in [4.69, 9.17) is 9.47 Å². The summed E-state index contributed by atoms with van der Waals surface area (Å²) in [6.45, 7) is 0.911. The smallest absolute Gasteiger partial charge is 0.336 e. The maximum absolute atomic E-state index is 13.6. The van der Waals surface area contributed by atoms with Crippen molar-refractivity contribution in [3.63, 3.8) is 0 Å². The van der Waals surface area contributed by atoms with Gasteiger partial charge in [-0.1, -0.05) is 24.3 Å². The summed E-state index contributed by atoms with van der Waals surface area (Å²) in [5.74, 6) is 0.0981. The van der Waals surface area contributed by atoms with Gasteiger partial charge < -0.3 is 20.1 Å². The molecule has 0 unspecified atom stereocenters. The summed E-state index contributed by atoms with van der Waals surface area (Å²) in [6.07, 6.45) is 2.17. The van der Waals surface area contributed by atoms with Crippen molar-refractivity contribution in [1.29, 1.82) is 0 Å². The molecule has 1 atom stereocenters. The number of benzene rings is 3. The number of nitrogens with one attached hydrogen (secondary N) is 2. The number of methoxy groups -OCH3 is 1. The molecule has 0 aliphatic carbocycles. The zero-order valence-electron chi connectivity index (χ0n) is 22.1. The summed E-state index contributed by atoms with van der Waals surface area (Å²) < 4.78 is 13.0. The highest BCUT2D eigenvalue weighted by Gasteiger charge is 2.18. The number of carbonyl (C=O) groups excluding carboxylic acids is 2. The summed E-state index contributed by atoms with van der Waals surface area (Å²) >= 11 is 0. The summed E-state index contributed by atoms with van der Waals surface area (Å²) in [7, 11) is 1.55. The molecule has 2 heterocycles. The Hall–Kier alpha value is -4.70. The maximum Gasteiger partial charge on any atom is 0.336 e. The molecule has 0 saturated carbocycles. The quantitative estimate of drug-likeness (QED) is 0.336. The Morgan fingerprint density at radius 2 is 1.73 bits per heavy atom. The molecule has 1 aliphatic rings. The average molecular weight is 543 g/mol. The fourth-order valence-electron chi connectivity index (χ4n) is 4.76. The predicted molar refractivity (Wildman–Crippen MR) is 151 cm³/mol. The first-order chi connectivity index (χ1) is 19.4. The Labute approximate surface area is 230 Å².